The molecular formula is C19H19F2N3O3. The van der Waals surface area contributed by atoms with E-state index in [-0.39, 0.29) is 30.3 Å². The summed E-state index contributed by atoms with van der Waals surface area (Å²) >= 11 is 0. The SMILES string of the molecule is CNC(=O)c1cccc(NC(=O)CCCNC(=O)c2ccc(F)cc2F)c1. The van der Waals surface area contributed by atoms with E-state index < -0.39 is 17.5 Å². The Bertz CT molecular complexity index is 856. The molecule has 3 amide bonds. The number of carbonyl (C=O) groups excluding carboxylic acids is 3. The molecule has 0 unspecified atom stereocenters. The minimum absolute atomic E-state index is 0.121. The summed E-state index contributed by atoms with van der Waals surface area (Å²) in [7, 11) is 1.51. The van der Waals surface area contributed by atoms with Crippen LogP contribution in [0, 0.1) is 11.6 Å². The summed E-state index contributed by atoms with van der Waals surface area (Å²) in [5.74, 6) is -2.93. The van der Waals surface area contributed by atoms with E-state index in [9.17, 15) is 23.2 Å². The highest BCUT2D eigenvalue weighted by Gasteiger charge is 2.12. The van der Waals surface area contributed by atoms with Gasteiger partial charge < -0.3 is 16.0 Å². The van der Waals surface area contributed by atoms with Gasteiger partial charge in [0.15, 0.2) is 0 Å². The van der Waals surface area contributed by atoms with Crippen LogP contribution in [0.4, 0.5) is 14.5 Å². The predicted octanol–water partition coefficient (Wildman–Crippen LogP) is 2.47. The molecule has 0 aliphatic rings. The Morgan fingerprint density at radius 2 is 1.78 bits per heavy atom. The van der Waals surface area contributed by atoms with Crippen molar-refractivity contribution >= 4 is 23.4 Å². The third-order valence-electron chi connectivity index (χ3n) is 3.68. The molecule has 0 saturated carbocycles. The Kier molecular flexibility index (Phi) is 6.99. The molecule has 0 saturated heterocycles. The number of benzene rings is 2. The number of carbonyl (C=O) groups is 3. The van der Waals surface area contributed by atoms with Gasteiger partial charge in [0.2, 0.25) is 5.91 Å². The molecule has 142 valence electrons. The molecule has 0 fully saturated rings. The fourth-order valence-corrected chi connectivity index (χ4v) is 2.33. The summed E-state index contributed by atoms with van der Waals surface area (Å²) in [5.41, 5.74) is 0.647. The van der Waals surface area contributed by atoms with Crippen LogP contribution >= 0.6 is 0 Å². The predicted molar refractivity (Wildman–Crippen MR) is 96.4 cm³/mol. The van der Waals surface area contributed by atoms with Gasteiger partial charge in [-0.2, -0.15) is 0 Å². The molecular weight excluding hydrogens is 356 g/mol. The lowest BCUT2D eigenvalue weighted by Gasteiger charge is -2.08. The van der Waals surface area contributed by atoms with Crippen molar-refractivity contribution in [2.24, 2.45) is 0 Å². The first-order valence-corrected chi connectivity index (χ1v) is 8.26. The molecule has 27 heavy (non-hydrogen) atoms. The molecule has 0 radical (unpaired) electrons. The van der Waals surface area contributed by atoms with Crippen LogP contribution in [0.2, 0.25) is 0 Å². The van der Waals surface area contributed by atoms with Crippen LogP contribution in [0.5, 0.6) is 0 Å². The molecule has 0 atom stereocenters. The zero-order valence-electron chi connectivity index (χ0n) is 14.6. The van der Waals surface area contributed by atoms with Gasteiger partial charge >= 0.3 is 0 Å². The van der Waals surface area contributed by atoms with Gasteiger partial charge in [-0.05, 0) is 36.8 Å². The average Bonchev–Trinajstić information content (AvgIpc) is 2.64. The van der Waals surface area contributed by atoms with Crippen LogP contribution in [-0.2, 0) is 4.79 Å². The maximum Gasteiger partial charge on any atom is 0.254 e. The zero-order valence-corrected chi connectivity index (χ0v) is 14.6. The second-order valence-electron chi connectivity index (χ2n) is 5.69. The Morgan fingerprint density at radius 3 is 2.48 bits per heavy atom. The summed E-state index contributed by atoms with van der Waals surface area (Å²) < 4.78 is 26.3. The molecule has 0 aromatic heterocycles. The molecule has 8 heteroatoms. The molecule has 2 rings (SSSR count). The number of amides is 3. The highest BCUT2D eigenvalue weighted by molar-refractivity contribution is 5.97. The first-order chi connectivity index (χ1) is 12.9. The number of rotatable bonds is 7. The largest absolute Gasteiger partial charge is 0.355 e. The maximum absolute atomic E-state index is 13.5. The molecule has 0 heterocycles. The number of nitrogens with one attached hydrogen (secondary N) is 3. The molecule has 2 aromatic rings. The second kappa shape index (κ2) is 9.42. The summed E-state index contributed by atoms with van der Waals surface area (Å²) in [6.07, 6.45) is 0.450. The van der Waals surface area contributed by atoms with Crippen LogP contribution in [-0.4, -0.2) is 31.3 Å². The molecule has 3 N–H and O–H groups in total. The lowest BCUT2D eigenvalue weighted by Crippen LogP contribution is -2.26. The van der Waals surface area contributed by atoms with E-state index in [4.69, 9.17) is 0 Å². The van der Waals surface area contributed by atoms with E-state index >= 15 is 0 Å². The van der Waals surface area contributed by atoms with Crippen molar-refractivity contribution in [1.29, 1.82) is 0 Å². The summed E-state index contributed by atoms with van der Waals surface area (Å²) in [6.45, 7) is 0.154. The Balaban J connectivity index is 1.78. The van der Waals surface area contributed by atoms with Crippen LogP contribution in [0.15, 0.2) is 42.5 Å². The first-order valence-electron chi connectivity index (χ1n) is 8.26. The topological polar surface area (TPSA) is 87.3 Å². The highest BCUT2D eigenvalue weighted by Crippen LogP contribution is 2.12. The smallest absolute Gasteiger partial charge is 0.254 e. The standard InChI is InChI=1S/C19H19F2N3O3/c1-22-18(26)12-4-2-5-14(10-12)24-17(25)6-3-9-23-19(27)15-8-7-13(20)11-16(15)21/h2,4-5,7-8,10-11H,3,6,9H2,1H3,(H,22,26)(H,23,27)(H,24,25). The molecule has 0 aliphatic heterocycles. The molecule has 6 nitrogen and oxygen atoms in total. The lowest BCUT2D eigenvalue weighted by atomic mass is 10.1. The number of hydrogen-bond donors (Lipinski definition) is 3. The van der Waals surface area contributed by atoms with Crippen molar-refractivity contribution in [3.63, 3.8) is 0 Å². The Hall–Kier alpha value is -3.29. The lowest BCUT2D eigenvalue weighted by molar-refractivity contribution is -0.116. The van der Waals surface area contributed by atoms with Crippen LogP contribution in [0.3, 0.4) is 0 Å². The van der Waals surface area contributed by atoms with E-state index in [0.29, 0.717) is 23.7 Å². The van der Waals surface area contributed by atoms with E-state index in [0.717, 1.165) is 12.1 Å². The highest BCUT2D eigenvalue weighted by atomic mass is 19.1. The van der Waals surface area contributed by atoms with E-state index in [1.807, 2.05) is 0 Å². The van der Waals surface area contributed by atoms with Gasteiger partial charge in [-0.25, -0.2) is 8.78 Å². The van der Waals surface area contributed by atoms with Gasteiger partial charge in [0.25, 0.3) is 11.8 Å². The van der Waals surface area contributed by atoms with Gasteiger partial charge in [-0.1, -0.05) is 6.07 Å². The third-order valence-corrected chi connectivity index (χ3v) is 3.68. The van der Waals surface area contributed by atoms with E-state index in [1.165, 1.54) is 7.05 Å². The average molecular weight is 375 g/mol. The van der Waals surface area contributed by atoms with Crippen molar-refractivity contribution in [2.45, 2.75) is 12.8 Å². The van der Waals surface area contributed by atoms with Gasteiger partial charge in [-0.3, -0.25) is 14.4 Å². The van der Waals surface area contributed by atoms with E-state index in [1.54, 1.807) is 24.3 Å². The molecule has 0 aliphatic carbocycles. The summed E-state index contributed by atoms with van der Waals surface area (Å²) in [5, 5.41) is 7.63. The third kappa shape index (κ3) is 5.88. The minimum atomic E-state index is -0.943. The number of halogens is 2. The van der Waals surface area contributed by atoms with Crippen molar-refractivity contribution < 1.29 is 23.2 Å². The maximum atomic E-state index is 13.5. The molecule has 2 aromatic carbocycles. The van der Waals surface area contributed by atoms with Gasteiger partial charge in [0, 0.05) is 37.3 Å². The number of anilines is 1. The molecule has 0 spiro atoms. The number of hydrogen-bond acceptors (Lipinski definition) is 3. The quantitative estimate of drug-likeness (QED) is 0.650. The minimum Gasteiger partial charge on any atom is -0.355 e. The summed E-state index contributed by atoms with van der Waals surface area (Å²) in [6, 6.07) is 9.18. The normalized spacial score (nSPS) is 10.2. The Labute approximate surface area is 155 Å². The van der Waals surface area contributed by atoms with E-state index in [2.05, 4.69) is 16.0 Å². The van der Waals surface area contributed by atoms with Crippen molar-refractivity contribution in [3.8, 4) is 0 Å². The fraction of sp³-hybridized carbons (Fsp3) is 0.211. The fourth-order valence-electron chi connectivity index (χ4n) is 2.33. The van der Waals surface area contributed by atoms with Crippen LogP contribution < -0.4 is 16.0 Å². The van der Waals surface area contributed by atoms with Crippen molar-refractivity contribution in [1.82, 2.24) is 10.6 Å². The van der Waals surface area contributed by atoms with Crippen LogP contribution in [0.25, 0.3) is 0 Å². The monoisotopic (exact) mass is 375 g/mol. The first kappa shape index (κ1) is 20.0. The van der Waals surface area contributed by atoms with Gasteiger partial charge in [0.1, 0.15) is 11.6 Å². The van der Waals surface area contributed by atoms with Crippen molar-refractivity contribution in [3.05, 3.63) is 65.2 Å². The zero-order chi connectivity index (χ0) is 19.8. The van der Waals surface area contributed by atoms with Gasteiger partial charge in [0.05, 0.1) is 5.56 Å². The van der Waals surface area contributed by atoms with Gasteiger partial charge in [-0.15, -0.1) is 0 Å². The second-order valence-corrected chi connectivity index (χ2v) is 5.69. The summed E-state index contributed by atoms with van der Waals surface area (Å²) in [4.78, 5) is 35.3. The van der Waals surface area contributed by atoms with Crippen LogP contribution in [0.1, 0.15) is 33.6 Å². The Morgan fingerprint density at radius 1 is 1.00 bits per heavy atom. The molecule has 0 bridgehead atoms. The van der Waals surface area contributed by atoms with Crippen molar-refractivity contribution in [2.75, 3.05) is 18.9 Å².